The van der Waals surface area contributed by atoms with Gasteiger partial charge >= 0.3 is 6.09 Å². The molecule has 8 heteroatoms. The van der Waals surface area contributed by atoms with Gasteiger partial charge in [-0.3, -0.25) is 9.69 Å². The fraction of sp³-hybridized carbons (Fsp3) is 0.895. The average molecular weight is 382 g/mol. The van der Waals surface area contributed by atoms with Crippen LogP contribution in [0.4, 0.5) is 4.79 Å². The minimum atomic E-state index is -0.426. The number of ether oxygens (including phenoxy) is 1. The van der Waals surface area contributed by atoms with E-state index < -0.39 is 11.6 Å². The van der Waals surface area contributed by atoms with Crippen LogP contribution in [0.15, 0.2) is 0 Å². The number of piperazine rings is 1. The summed E-state index contributed by atoms with van der Waals surface area (Å²) < 4.78 is 5.78. The van der Waals surface area contributed by atoms with Crippen LogP contribution in [0, 0.1) is 0 Å². The highest BCUT2D eigenvalue weighted by molar-refractivity contribution is 5.81. The highest BCUT2D eigenvalue weighted by Crippen LogP contribution is 2.33. The first-order chi connectivity index (χ1) is 13.0. The molecule has 154 valence electrons. The number of likely N-dealkylation sites (N-methyl/N-ethyl adjacent to an activating group) is 1. The summed E-state index contributed by atoms with van der Waals surface area (Å²) in [4.78, 5) is 33.2. The molecule has 1 atom stereocenters. The van der Waals surface area contributed by atoms with Crippen LogP contribution in [0.3, 0.4) is 0 Å². The van der Waals surface area contributed by atoms with Gasteiger partial charge in [0.25, 0.3) is 0 Å². The molecular weight excluding hydrogens is 346 g/mol. The summed E-state index contributed by atoms with van der Waals surface area (Å²) in [5.41, 5.74) is 5.45. The zero-order chi connectivity index (χ0) is 19.4. The van der Waals surface area contributed by atoms with Gasteiger partial charge in [-0.15, -0.1) is 0 Å². The number of likely N-dealkylation sites (tertiary alicyclic amines) is 1. The average Bonchev–Trinajstić information content (AvgIpc) is 3.01. The molecule has 0 aromatic carbocycles. The summed E-state index contributed by atoms with van der Waals surface area (Å²) in [5, 5.41) is 0. The Bertz CT molecular complexity index is 527. The Morgan fingerprint density at radius 1 is 1.07 bits per heavy atom. The van der Waals surface area contributed by atoms with E-state index in [0.717, 1.165) is 45.8 Å². The van der Waals surface area contributed by atoms with E-state index in [1.165, 1.54) is 0 Å². The quantitative estimate of drug-likeness (QED) is 0.707. The zero-order valence-electron chi connectivity index (χ0n) is 16.9. The Balaban J connectivity index is 1.44. The maximum Gasteiger partial charge on any atom is 0.410 e. The van der Waals surface area contributed by atoms with Crippen LogP contribution < -0.4 is 5.73 Å². The van der Waals surface area contributed by atoms with E-state index in [2.05, 4.69) is 16.7 Å². The topological polar surface area (TPSA) is 82.4 Å². The molecule has 3 heterocycles. The van der Waals surface area contributed by atoms with Gasteiger partial charge < -0.3 is 25.2 Å². The second-order valence-corrected chi connectivity index (χ2v) is 8.09. The van der Waals surface area contributed by atoms with Gasteiger partial charge in [-0.05, 0) is 13.0 Å². The van der Waals surface area contributed by atoms with Crippen molar-refractivity contribution in [3.8, 4) is 0 Å². The van der Waals surface area contributed by atoms with Crippen LogP contribution in [0.2, 0.25) is 0 Å². The summed E-state index contributed by atoms with van der Waals surface area (Å²) >= 11 is 0. The first-order valence-electron chi connectivity index (χ1n) is 10.4. The lowest BCUT2D eigenvalue weighted by Crippen LogP contribution is -2.52. The molecule has 3 saturated heterocycles. The van der Waals surface area contributed by atoms with Gasteiger partial charge in [-0.1, -0.05) is 13.8 Å². The fourth-order valence-electron chi connectivity index (χ4n) is 4.26. The van der Waals surface area contributed by atoms with Crippen molar-refractivity contribution in [2.45, 2.75) is 44.8 Å². The molecule has 0 aromatic heterocycles. The van der Waals surface area contributed by atoms with Gasteiger partial charge in [-0.25, -0.2) is 4.79 Å². The molecule has 1 spiro atoms. The molecule has 3 aliphatic rings. The lowest BCUT2D eigenvalue weighted by atomic mass is 9.91. The van der Waals surface area contributed by atoms with Gasteiger partial charge in [-0.2, -0.15) is 0 Å². The summed E-state index contributed by atoms with van der Waals surface area (Å²) in [7, 11) is 0. The maximum absolute atomic E-state index is 12.4. The summed E-state index contributed by atoms with van der Waals surface area (Å²) in [5.74, 6) is 0.0137. The fourth-order valence-corrected chi connectivity index (χ4v) is 4.26. The Kier molecular flexibility index (Phi) is 6.60. The number of nitrogens with zero attached hydrogens (tertiary/aromatic N) is 4. The standard InChI is InChI=1S/C19H35N5O3/c1-3-16(20)17(25)23-7-5-19(6-8-23)15-24(18(26)27-19)14-13-22-11-9-21(4-2)10-12-22/h16H,3-15,20H2,1-2H3. The van der Waals surface area contributed by atoms with Crippen LogP contribution in [-0.4, -0.2) is 109 Å². The summed E-state index contributed by atoms with van der Waals surface area (Å²) in [6.45, 7) is 13.1. The number of hydrogen-bond acceptors (Lipinski definition) is 6. The van der Waals surface area contributed by atoms with Crippen LogP contribution in [-0.2, 0) is 9.53 Å². The van der Waals surface area contributed by atoms with E-state index in [1.54, 1.807) is 0 Å². The monoisotopic (exact) mass is 381 g/mol. The predicted octanol–water partition coefficient (Wildman–Crippen LogP) is 0.175. The number of hydrogen-bond donors (Lipinski definition) is 1. The number of carbonyl (C=O) groups excluding carboxylic acids is 2. The van der Waals surface area contributed by atoms with E-state index in [-0.39, 0.29) is 12.0 Å². The van der Waals surface area contributed by atoms with Gasteiger partial charge in [0.2, 0.25) is 5.91 Å². The molecule has 8 nitrogen and oxygen atoms in total. The van der Waals surface area contributed by atoms with E-state index >= 15 is 0 Å². The molecule has 0 bridgehead atoms. The SMILES string of the molecule is CCC(N)C(=O)N1CCC2(CC1)CN(CCN1CCN(CC)CC1)C(=O)O2. The highest BCUT2D eigenvalue weighted by atomic mass is 16.6. The zero-order valence-corrected chi connectivity index (χ0v) is 16.9. The van der Waals surface area contributed by atoms with E-state index in [9.17, 15) is 9.59 Å². The Morgan fingerprint density at radius 2 is 1.70 bits per heavy atom. The molecule has 1 unspecified atom stereocenters. The third kappa shape index (κ3) is 4.73. The van der Waals surface area contributed by atoms with E-state index in [4.69, 9.17) is 10.5 Å². The molecule has 0 radical (unpaired) electrons. The third-order valence-electron chi connectivity index (χ3n) is 6.38. The largest absolute Gasteiger partial charge is 0.441 e. The first kappa shape index (κ1) is 20.4. The molecule has 3 rings (SSSR count). The van der Waals surface area contributed by atoms with Crippen molar-refractivity contribution in [2.24, 2.45) is 5.73 Å². The van der Waals surface area contributed by atoms with Gasteiger partial charge in [0.05, 0.1) is 12.6 Å². The van der Waals surface area contributed by atoms with Gasteiger partial charge in [0, 0.05) is 65.2 Å². The number of carbonyl (C=O) groups is 2. The lowest BCUT2D eigenvalue weighted by molar-refractivity contribution is -0.136. The van der Waals surface area contributed by atoms with Crippen molar-refractivity contribution in [3.05, 3.63) is 0 Å². The number of piperidine rings is 1. The van der Waals surface area contributed by atoms with Crippen LogP contribution in [0.1, 0.15) is 33.1 Å². The highest BCUT2D eigenvalue weighted by Gasteiger charge is 2.47. The van der Waals surface area contributed by atoms with Crippen molar-refractivity contribution >= 4 is 12.0 Å². The third-order valence-corrected chi connectivity index (χ3v) is 6.38. The maximum atomic E-state index is 12.4. The minimum Gasteiger partial charge on any atom is -0.441 e. The molecule has 3 fully saturated rings. The number of rotatable bonds is 6. The van der Waals surface area contributed by atoms with E-state index in [0.29, 0.717) is 38.9 Å². The molecule has 2 N–H and O–H groups in total. The smallest absolute Gasteiger partial charge is 0.410 e. The number of nitrogens with two attached hydrogens (primary N) is 1. The van der Waals surface area contributed by atoms with Crippen LogP contribution >= 0.6 is 0 Å². The summed E-state index contributed by atoms with van der Waals surface area (Å²) in [6.07, 6.45) is 1.85. The molecule has 27 heavy (non-hydrogen) atoms. The Morgan fingerprint density at radius 3 is 2.30 bits per heavy atom. The Labute approximate surface area is 162 Å². The summed E-state index contributed by atoms with van der Waals surface area (Å²) in [6, 6.07) is -0.421. The van der Waals surface area contributed by atoms with Crippen molar-refractivity contribution in [3.63, 3.8) is 0 Å². The molecule has 0 aromatic rings. The molecule has 0 saturated carbocycles. The minimum absolute atomic E-state index is 0.0137. The van der Waals surface area contributed by atoms with Gasteiger partial charge in [0.1, 0.15) is 5.60 Å². The van der Waals surface area contributed by atoms with Crippen LogP contribution in [0.25, 0.3) is 0 Å². The van der Waals surface area contributed by atoms with Crippen LogP contribution in [0.5, 0.6) is 0 Å². The number of amides is 2. The molecule has 0 aliphatic carbocycles. The predicted molar refractivity (Wildman–Crippen MR) is 103 cm³/mol. The molecule has 2 amide bonds. The van der Waals surface area contributed by atoms with Crippen molar-refractivity contribution < 1.29 is 14.3 Å². The van der Waals surface area contributed by atoms with Crippen molar-refractivity contribution in [1.82, 2.24) is 19.6 Å². The van der Waals surface area contributed by atoms with Gasteiger partial charge in [0.15, 0.2) is 0 Å². The van der Waals surface area contributed by atoms with Crippen molar-refractivity contribution in [2.75, 3.05) is 65.4 Å². The molecular formula is C19H35N5O3. The van der Waals surface area contributed by atoms with E-state index in [1.807, 2.05) is 16.7 Å². The second-order valence-electron chi connectivity index (χ2n) is 8.09. The lowest BCUT2D eigenvalue weighted by Gasteiger charge is -2.38. The van der Waals surface area contributed by atoms with Crippen molar-refractivity contribution in [1.29, 1.82) is 0 Å². The second kappa shape index (κ2) is 8.75. The molecule has 3 aliphatic heterocycles. The normalized spacial score (nSPS) is 25.1. The first-order valence-corrected chi connectivity index (χ1v) is 10.4. The Hall–Kier alpha value is -1.38.